The van der Waals surface area contributed by atoms with Gasteiger partial charge in [0.15, 0.2) is 0 Å². The van der Waals surface area contributed by atoms with Crippen LogP contribution in [0.4, 0.5) is 0 Å². The van der Waals surface area contributed by atoms with E-state index in [0.29, 0.717) is 0 Å². The minimum Gasteiger partial charge on any atom is -0.493 e. The van der Waals surface area contributed by atoms with Gasteiger partial charge < -0.3 is 4.74 Å². The lowest BCUT2D eigenvalue weighted by molar-refractivity contribution is 0.236. The molecule has 1 aromatic carbocycles. The maximum atomic E-state index is 5.70. The molecule has 80 valence electrons. The molecule has 2 nitrogen and oxygen atoms in total. The van der Waals surface area contributed by atoms with E-state index >= 15 is 0 Å². The lowest BCUT2D eigenvalue weighted by Gasteiger charge is -2.41. The largest absolute Gasteiger partial charge is 0.493 e. The first-order valence-corrected chi connectivity index (χ1v) is 6.51. The van der Waals surface area contributed by atoms with Crippen molar-refractivity contribution in [1.29, 1.82) is 0 Å². The lowest BCUT2D eigenvalue weighted by Crippen LogP contribution is -2.46. The van der Waals surface area contributed by atoms with Crippen molar-refractivity contribution in [3.8, 4) is 5.75 Å². The molecule has 1 fully saturated rings. The van der Waals surface area contributed by atoms with Gasteiger partial charge in [-0.3, -0.25) is 5.32 Å². The van der Waals surface area contributed by atoms with Crippen LogP contribution in [-0.2, 0) is 4.87 Å². The maximum absolute atomic E-state index is 5.70. The highest BCUT2D eigenvalue weighted by atomic mass is 32.2. The molecular formula is C12H15NOS. The molecule has 0 radical (unpaired) electrons. The first kappa shape index (κ1) is 9.55. The Kier molecular flexibility index (Phi) is 2.37. The monoisotopic (exact) mass is 221 g/mol. The Labute approximate surface area is 94.4 Å². The van der Waals surface area contributed by atoms with Crippen LogP contribution in [0.25, 0.3) is 0 Å². The number of rotatable bonds is 0. The molecule has 1 spiro atoms. The summed E-state index contributed by atoms with van der Waals surface area (Å²) in [6.07, 6.45) is 2.35. The molecule has 1 atom stereocenters. The van der Waals surface area contributed by atoms with Gasteiger partial charge in [0.25, 0.3) is 0 Å². The molecule has 3 heteroatoms. The highest BCUT2D eigenvalue weighted by Gasteiger charge is 2.38. The van der Waals surface area contributed by atoms with Gasteiger partial charge in [0.05, 0.1) is 11.5 Å². The van der Waals surface area contributed by atoms with Crippen molar-refractivity contribution in [2.24, 2.45) is 0 Å². The highest BCUT2D eigenvalue weighted by molar-refractivity contribution is 8.00. The number of para-hydroxylation sites is 1. The molecule has 0 saturated carbocycles. The fourth-order valence-corrected chi connectivity index (χ4v) is 3.75. The Morgan fingerprint density at radius 2 is 2.27 bits per heavy atom. The zero-order valence-corrected chi connectivity index (χ0v) is 9.48. The van der Waals surface area contributed by atoms with Gasteiger partial charge >= 0.3 is 0 Å². The number of fused-ring (bicyclic) bond motifs is 2. The second kappa shape index (κ2) is 3.72. The standard InChI is InChI=1S/C12H15NOS/c1-2-5-11-10(4-1)12(6-8-14-11)13-7-3-9-15-12/h1-2,4-5,13H,3,6-9H2. The molecule has 2 heterocycles. The van der Waals surface area contributed by atoms with Crippen LogP contribution < -0.4 is 10.1 Å². The van der Waals surface area contributed by atoms with Crippen molar-refractivity contribution in [3.05, 3.63) is 29.8 Å². The predicted octanol–water partition coefficient (Wildman–Crippen LogP) is 2.35. The Morgan fingerprint density at radius 3 is 3.13 bits per heavy atom. The quantitative estimate of drug-likeness (QED) is 0.726. The van der Waals surface area contributed by atoms with E-state index in [2.05, 4.69) is 23.5 Å². The SMILES string of the molecule is c1ccc2c(c1)OCCC21NCCCS1. The number of ether oxygens (including phenoxy) is 1. The molecule has 15 heavy (non-hydrogen) atoms. The summed E-state index contributed by atoms with van der Waals surface area (Å²) >= 11 is 2.04. The van der Waals surface area contributed by atoms with Crippen LogP contribution in [0.3, 0.4) is 0 Å². The van der Waals surface area contributed by atoms with Crippen molar-refractivity contribution in [2.45, 2.75) is 17.7 Å². The predicted molar refractivity (Wildman–Crippen MR) is 63.3 cm³/mol. The van der Waals surface area contributed by atoms with Gasteiger partial charge in [0.1, 0.15) is 5.75 Å². The van der Waals surface area contributed by atoms with Crippen molar-refractivity contribution < 1.29 is 4.74 Å². The van der Waals surface area contributed by atoms with Gasteiger partial charge in [-0.15, -0.1) is 11.8 Å². The molecule has 0 amide bonds. The van der Waals surface area contributed by atoms with Gasteiger partial charge in [0.2, 0.25) is 0 Å². The van der Waals surface area contributed by atoms with E-state index in [1.54, 1.807) is 0 Å². The van der Waals surface area contributed by atoms with Crippen LogP contribution in [-0.4, -0.2) is 18.9 Å². The van der Waals surface area contributed by atoms with Crippen LogP contribution in [0.2, 0.25) is 0 Å². The first-order valence-electron chi connectivity index (χ1n) is 5.52. The molecule has 1 saturated heterocycles. The van der Waals surface area contributed by atoms with Gasteiger partial charge in [-0.05, 0) is 24.8 Å². The van der Waals surface area contributed by atoms with Crippen LogP contribution in [0.5, 0.6) is 5.75 Å². The number of hydrogen-bond acceptors (Lipinski definition) is 3. The van der Waals surface area contributed by atoms with E-state index in [4.69, 9.17) is 4.74 Å². The molecule has 3 rings (SSSR count). The van der Waals surface area contributed by atoms with E-state index in [1.807, 2.05) is 17.8 Å². The summed E-state index contributed by atoms with van der Waals surface area (Å²) in [4.78, 5) is 0.132. The molecular weight excluding hydrogens is 206 g/mol. The normalized spacial score (nSPS) is 29.6. The van der Waals surface area contributed by atoms with E-state index < -0.39 is 0 Å². The molecule has 0 aliphatic carbocycles. The summed E-state index contributed by atoms with van der Waals surface area (Å²) in [5, 5.41) is 3.67. The van der Waals surface area contributed by atoms with E-state index in [1.165, 1.54) is 17.7 Å². The number of thioether (sulfide) groups is 1. The Bertz CT molecular complexity index is 360. The zero-order valence-electron chi connectivity index (χ0n) is 8.66. The van der Waals surface area contributed by atoms with Crippen molar-refractivity contribution in [3.63, 3.8) is 0 Å². The second-order valence-corrected chi connectivity index (χ2v) is 5.44. The Hall–Kier alpha value is -0.670. The first-order chi connectivity index (χ1) is 7.41. The van der Waals surface area contributed by atoms with Gasteiger partial charge in [-0.1, -0.05) is 18.2 Å². The summed E-state index contributed by atoms with van der Waals surface area (Å²) in [5.74, 6) is 2.31. The van der Waals surface area contributed by atoms with E-state index in [9.17, 15) is 0 Å². The van der Waals surface area contributed by atoms with Crippen LogP contribution >= 0.6 is 11.8 Å². The minimum absolute atomic E-state index is 0.132. The second-order valence-electron chi connectivity index (χ2n) is 4.05. The third-order valence-electron chi connectivity index (χ3n) is 3.11. The summed E-state index contributed by atoms with van der Waals surface area (Å²) < 4.78 is 5.70. The average molecular weight is 221 g/mol. The van der Waals surface area contributed by atoms with Gasteiger partial charge in [0, 0.05) is 12.0 Å². The fourth-order valence-electron chi connectivity index (χ4n) is 2.36. The summed E-state index contributed by atoms with van der Waals surface area (Å²) in [5.41, 5.74) is 1.33. The van der Waals surface area contributed by atoms with Crippen LogP contribution in [0.1, 0.15) is 18.4 Å². The zero-order chi connectivity index (χ0) is 10.1. The highest BCUT2D eigenvalue weighted by Crippen LogP contribution is 2.46. The molecule has 1 N–H and O–H groups in total. The molecule has 2 aliphatic heterocycles. The fraction of sp³-hybridized carbons (Fsp3) is 0.500. The van der Waals surface area contributed by atoms with Crippen LogP contribution in [0, 0.1) is 0 Å². The van der Waals surface area contributed by atoms with Crippen molar-refractivity contribution >= 4 is 11.8 Å². The number of benzene rings is 1. The molecule has 2 aliphatic rings. The third-order valence-corrected chi connectivity index (χ3v) is 4.67. The van der Waals surface area contributed by atoms with Crippen molar-refractivity contribution in [1.82, 2.24) is 5.32 Å². The van der Waals surface area contributed by atoms with Gasteiger partial charge in [-0.2, -0.15) is 0 Å². The molecule has 1 aromatic rings. The minimum atomic E-state index is 0.132. The Morgan fingerprint density at radius 1 is 1.33 bits per heavy atom. The van der Waals surface area contributed by atoms with E-state index in [0.717, 1.165) is 25.3 Å². The lowest BCUT2D eigenvalue weighted by atomic mass is 9.99. The van der Waals surface area contributed by atoms with Gasteiger partial charge in [-0.25, -0.2) is 0 Å². The molecule has 0 bridgehead atoms. The Balaban J connectivity index is 2.04. The summed E-state index contributed by atoms with van der Waals surface area (Å²) in [7, 11) is 0. The van der Waals surface area contributed by atoms with Crippen LogP contribution in [0.15, 0.2) is 24.3 Å². The summed E-state index contributed by atoms with van der Waals surface area (Å²) in [6, 6.07) is 8.42. The van der Waals surface area contributed by atoms with Crippen molar-refractivity contribution in [2.75, 3.05) is 18.9 Å². The summed E-state index contributed by atoms with van der Waals surface area (Å²) in [6.45, 7) is 1.96. The van der Waals surface area contributed by atoms with E-state index in [-0.39, 0.29) is 4.87 Å². The molecule has 0 aromatic heterocycles. The average Bonchev–Trinajstić information content (AvgIpc) is 2.31. The smallest absolute Gasteiger partial charge is 0.125 e. The third kappa shape index (κ3) is 1.54. The number of hydrogen-bond donors (Lipinski definition) is 1. The maximum Gasteiger partial charge on any atom is 0.125 e. The molecule has 1 unspecified atom stereocenters. The number of nitrogens with one attached hydrogen (secondary N) is 1. The topological polar surface area (TPSA) is 21.3 Å².